The summed E-state index contributed by atoms with van der Waals surface area (Å²) in [5.41, 5.74) is 1.18. The van der Waals surface area contributed by atoms with Crippen molar-refractivity contribution in [2.24, 2.45) is 0 Å². The van der Waals surface area contributed by atoms with E-state index in [0.29, 0.717) is 19.8 Å². The van der Waals surface area contributed by atoms with Gasteiger partial charge in [0.1, 0.15) is 0 Å². The van der Waals surface area contributed by atoms with E-state index in [-0.39, 0.29) is 0 Å². The Kier molecular flexibility index (Phi) is 4.42. The van der Waals surface area contributed by atoms with E-state index >= 15 is 0 Å². The summed E-state index contributed by atoms with van der Waals surface area (Å²) in [6.07, 6.45) is 2.06. The van der Waals surface area contributed by atoms with Crippen molar-refractivity contribution in [2.75, 3.05) is 26.9 Å². The van der Waals surface area contributed by atoms with Gasteiger partial charge in [-0.3, -0.25) is 0 Å². The van der Waals surface area contributed by atoms with Gasteiger partial charge in [-0.1, -0.05) is 11.6 Å². The van der Waals surface area contributed by atoms with Crippen LogP contribution < -0.4 is 0 Å². The highest BCUT2D eigenvalue weighted by Gasteiger charge is 2.01. The fourth-order valence-electron chi connectivity index (χ4n) is 1.77. The molecule has 0 aliphatic rings. The van der Waals surface area contributed by atoms with Gasteiger partial charge in [-0.2, -0.15) is 0 Å². The molecule has 0 bridgehead atoms. The van der Waals surface area contributed by atoms with Crippen LogP contribution in [-0.2, 0) is 16.0 Å². The van der Waals surface area contributed by atoms with Crippen molar-refractivity contribution in [3.05, 3.63) is 35.5 Å². The van der Waals surface area contributed by atoms with E-state index in [1.807, 2.05) is 18.2 Å². The van der Waals surface area contributed by atoms with Crippen LogP contribution in [0.1, 0.15) is 0 Å². The Morgan fingerprint density at radius 1 is 1.18 bits per heavy atom. The number of halogens is 1. The average molecular weight is 254 g/mol. The monoisotopic (exact) mass is 253 g/mol. The van der Waals surface area contributed by atoms with E-state index in [2.05, 4.69) is 16.8 Å². The maximum atomic E-state index is 5.94. The number of nitrogens with zero attached hydrogens (tertiary/aromatic N) is 1. The third-order valence-corrected chi connectivity index (χ3v) is 2.88. The molecule has 92 valence electrons. The molecule has 0 aliphatic carbocycles. The molecule has 2 aromatic rings. The van der Waals surface area contributed by atoms with Gasteiger partial charge in [-0.05, 0) is 24.3 Å². The number of ether oxygens (including phenoxy) is 2. The molecule has 3 nitrogen and oxygen atoms in total. The fraction of sp³-hybridized carbons (Fsp3) is 0.385. The summed E-state index contributed by atoms with van der Waals surface area (Å²) in [5.74, 6) is 0. The van der Waals surface area contributed by atoms with Gasteiger partial charge in [0.05, 0.1) is 19.8 Å². The number of hydrogen-bond acceptors (Lipinski definition) is 2. The molecular weight excluding hydrogens is 238 g/mol. The second kappa shape index (κ2) is 6.05. The molecule has 1 aromatic heterocycles. The molecule has 0 unspecified atom stereocenters. The highest BCUT2D eigenvalue weighted by molar-refractivity contribution is 6.31. The van der Waals surface area contributed by atoms with Gasteiger partial charge < -0.3 is 14.0 Å². The topological polar surface area (TPSA) is 23.4 Å². The molecule has 1 aromatic carbocycles. The van der Waals surface area contributed by atoms with E-state index < -0.39 is 0 Å². The van der Waals surface area contributed by atoms with Crippen LogP contribution in [0.15, 0.2) is 30.5 Å². The lowest BCUT2D eigenvalue weighted by atomic mass is 10.2. The van der Waals surface area contributed by atoms with Gasteiger partial charge >= 0.3 is 0 Å². The highest BCUT2D eigenvalue weighted by atomic mass is 35.5. The molecular formula is C13H16ClNO2. The largest absolute Gasteiger partial charge is 0.382 e. The third-order valence-electron chi connectivity index (χ3n) is 2.64. The Labute approximate surface area is 106 Å². The summed E-state index contributed by atoms with van der Waals surface area (Å²) in [4.78, 5) is 0. The lowest BCUT2D eigenvalue weighted by Gasteiger charge is -2.06. The van der Waals surface area contributed by atoms with Crippen molar-refractivity contribution in [2.45, 2.75) is 6.54 Å². The molecule has 2 rings (SSSR count). The van der Waals surface area contributed by atoms with Crippen molar-refractivity contribution in [1.82, 2.24) is 4.57 Å². The summed E-state index contributed by atoms with van der Waals surface area (Å²) in [6.45, 7) is 2.81. The predicted molar refractivity (Wildman–Crippen MR) is 69.6 cm³/mol. The molecule has 0 saturated heterocycles. The van der Waals surface area contributed by atoms with Gasteiger partial charge in [0.2, 0.25) is 0 Å². The van der Waals surface area contributed by atoms with Gasteiger partial charge in [-0.25, -0.2) is 0 Å². The molecule has 0 fully saturated rings. The minimum Gasteiger partial charge on any atom is -0.382 e. The normalized spacial score (nSPS) is 11.2. The lowest BCUT2D eigenvalue weighted by Crippen LogP contribution is -2.08. The van der Waals surface area contributed by atoms with Crippen LogP contribution in [0, 0.1) is 0 Å². The summed E-state index contributed by atoms with van der Waals surface area (Å²) in [6, 6.07) is 7.98. The van der Waals surface area contributed by atoms with Gasteiger partial charge in [0, 0.05) is 35.8 Å². The van der Waals surface area contributed by atoms with Crippen LogP contribution >= 0.6 is 11.6 Å². The molecule has 0 spiro atoms. The standard InChI is InChI=1S/C13H16ClNO2/c1-16-8-9-17-7-6-15-5-4-11-10-12(14)2-3-13(11)15/h2-5,10H,6-9H2,1H3. The lowest BCUT2D eigenvalue weighted by molar-refractivity contribution is 0.0670. The molecule has 0 saturated carbocycles. The van der Waals surface area contributed by atoms with Crippen LogP contribution in [0.4, 0.5) is 0 Å². The van der Waals surface area contributed by atoms with E-state index in [0.717, 1.165) is 17.0 Å². The van der Waals surface area contributed by atoms with Crippen molar-refractivity contribution >= 4 is 22.5 Å². The van der Waals surface area contributed by atoms with Crippen LogP contribution in [0.2, 0.25) is 5.02 Å². The maximum Gasteiger partial charge on any atom is 0.0701 e. The minimum atomic E-state index is 0.640. The molecule has 4 heteroatoms. The van der Waals surface area contributed by atoms with Crippen molar-refractivity contribution in [1.29, 1.82) is 0 Å². The van der Waals surface area contributed by atoms with E-state index in [9.17, 15) is 0 Å². The number of benzene rings is 1. The van der Waals surface area contributed by atoms with E-state index in [4.69, 9.17) is 21.1 Å². The third kappa shape index (κ3) is 3.22. The smallest absolute Gasteiger partial charge is 0.0701 e. The molecule has 0 radical (unpaired) electrons. The Bertz CT molecular complexity index is 481. The fourth-order valence-corrected chi connectivity index (χ4v) is 1.95. The van der Waals surface area contributed by atoms with Gasteiger partial charge in [-0.15, -0.1) is 0 Å². The van der Waals surface area contributed by atoms with Crippen molar-refractivity contribution in [3.63, 3.8) is 0 Å². The summed E-state index contributed by atoms with van der Waals surface area (Å²) in [7, 11) is 1.67. The van der Waals surface area contributed by atoms with Crippen LogP contribution in [0.3, 0.4) is 0 Å². The zero-order valence-corrected chi connectivity index (χ0v) is 10.6. The Morgan fingerprint density at radius 3 is 2.88 bits per heavy atom. The number of hydrogen-bond donors (Lipinski definition) is 0. The first-order chi connectivity index (χ1) is 8.31. The zero-order chi connectivity index (χ0) is 12.1. The van der Waals surface area contributed by atoms with Crippen molar-refractivity contribution < 1.29 is 9.47 Å². The van der Waals surface area contributed by atoms with E-state index in [1.165, 1.54) is 5.52 Å². The van der Waals surface area contributed by atoms with E-state index in [1.54, 1.807) is 7.11 Å². The SMILES string of the molecule is COCCOCCn1ccc2cc(Cl)ccc21. The molecule has 17 heavy (non-hydrogen) atoms. The number of aromatic nitrogens is 1. The second-order valence-electron chi connectivity index (χ2n) is 3.82. The first kappa shape index (κ1) is 12.4. The first-order valence-corrected chi connectivity index (χ1v) is 6.00. The molecule has 0 atom stereocenters. The van der Waals surface area contributed by atoms with Crippen LogP contribution in [0.5, 0.6) is 0 Å². The first-order valence-electron chi connectivity index (χ1n) is 5.62. The maximum absolute atomic E-state index is 5.94. The van der Waals surface area contributed by atoms with Crippen LogP contribution in [0.25, 0.3) is 10.9 Å². The number of rotatable bonds is 6. The summed E-state index contributed by atoms with van der Waals surface area (Å²) < 4.78 is 12.5. The van der Waals surface area contributed by atoms with Crippen LogP contribution in [-0.4, -0.2) is 31.5 Å². The second-order valence-corrected chi connectivity index (χ2v) is 4.25. The summed E-state index contributed by atoms with van der Waals surface area (Å²) >= 11 is 5.94. The van der Waals surface area contributed by atoms with Gasteiger partial charge in [0.15, 0.2) is 0 Å². The molecule has 0 amide bonds. The highest BCUT2D eigenvalue weighted by Crippen LogP contribution is 2.20. The van der Waals surface area contributed by atoms with Gasteiger partial charge in [0.25, 0.3) is 0 Å². The molecule has 0 N–H and O–H groups in total. The quantitative estimate of drug-likeness (QED) is 0.739. The Balaban J connectivity index is 1.95. The Morgan fingerprint density at radius 2 is 2.06 bits per heavy atom. The van der Waals surface area contributed by atoms with Crippen molar-refractivity contribution in [3.8, 4) is 0 Å². The Hall–Kier alpha value is -1.03. The molecule has 0 aliphatic heterocycles. The number of methoxy groups -OCH3 is 1. The average Bonchev–Trinajstić information content (AvgIpc) is 2.71. The number of fused-ring (bicyclic) bond motifs is 1. The zero-order valence-electron chi connectivity index (χ0n) is 9.86. The summed E-state index contributed by atoms with van der Waals surface area (Å²) in [5, 5.41) is 1.93. The predicted octanol–water partition coefficient (Wildman–Crippen LogP) is 2.96. The molecule has 1 heterocycles. The minimum absolute atomic E-state index is 0.640.